The molecule has 2 atom stereocenters. The first-order valence-corrected chi connectivity index (χ1v) is 7.40. The van der Waals surface area contributed by atoms with Gasteiger partial charge < -0.3 is 10.6 Å². The standard InChI is InChI=1S/C16H21FN2O2/c1-11-6-2-5-9-14(11)19-15(20)10-18-16(21)12-7-3-4-8-13(12)17/h3-4,7-8,11,14H,2,5-6,9-10H2,1H3,(H,18,21)(H,19,20)/t11-,14+/m1/s1. The molecule has 114 valence electrons. The predicted molar refractivity (Wildman–Crippen MR) is 78.3 cm³/mol. The summed E-state index contributed by atoms with van der Waals surface area (Å²) in [4.78, 5) is 23.7. The van der Waals surface area contributed by atoms with Gasteiger partial charge in [-0.2, -0.15) is 0 Å². The molecule has 1 saturated carbocycles. The molecule has 0 radical (unpaired) electrons. The van der Waals surface area contributed by atoms with Crippen LogP contribution in [0.1, 0.15) is 43.0 Å². The summed E-state index contributed by atoms with van der Waals surface area (Å²) in [6.45, 7) is 2.00. The van der Waals surface area contributed by atoms with Gasteiger partial charge in [-0.3, -0.25) is 9.59 Å². The molecule has 0 bridgehead atoms. The molecule has 1 aromatic carbocycles. The molecule has 0 heterocycles. The fraction of sp³-hybridized carbons (Fsp3) is 0.500. The molecule has 1 aliphatic rings. The Morgan fingerprint density at radius 2 is 1.95 bits per heavy atom. The summed E-state index contributed by atoms with van der Waals surface area (Å²) in [5.41, 5.74) is -0.0451. The molecule has 0 aliphatic heterocycles. The van der Waals surface area contributed by atoms with Gasteiger partial charge in [0.25, 0.3) is 5.91 Å². The van der Waals surface area contributed by atoms with E-state index in [1.165, 1.54) is 24.6 Å². The first-order valence-electron chi connectivity index (χ1n) is 7.40. The second-order valence-electron chi connectivity index (χ2n) is 5.60. The Morgan fingerprint density at radius 1 is 1.24 bits per heavy atom. The van der Waals surface area contributed by atoms with Gasteiger partial charge in [0.1, 0.15) is 5.82 Å². The third-order valence-electron chi connectivity index (χ3n) is 3.99. The van der Waals surface area contributed by atoms with Crippen LogP contribution in [-0.4, -0.2) is 24.4 Å². The van der Waals surface area contributed by atoms with Crippen LogP contribution in [0.2, 0.25) is 0 Å². The third-order valence-corrected chi connectivity index (χ3v) is 3.99. The number of hydrogen-bond donors (Lipinski definition) is 2. The zero-order valence-corrected chi connectivity index (χ0v) is 12.2. The number of benzene rings is 1. The van der Waals surface area contributed by atoms with Crippen LogP contribution in [0.25, 0.3) is 0 Å². The van der Waals surface area contributed by atoms with Crippen molar-refractivity contribution >= 4 is 11.8 Å². The molecule has 0 unspecified atom stereocenters. The zero-order chi connectivity index (χ0) is 15.2. The van der Waals surface area contributed by atoms with Gasteiger partial charge in [0.2, 0.25) is 5.91 Å². The molecule has 5 heteroatoms. The number of hydrogen-bond acceptors (Lipinski definition) is 2. The SMILES string of the molecule is C[C@@H]1CCCC[C@@H]1NC(=O)CNC(=O)c1ccccc1F. The lowest BCUT2D eigenvalue weighted by Gasteiger charge is -2.29. The number of nitrogens with one attached hydrogen (secondary N) is 2. The van der Waals surface area contributed by atoms with E-state index in [1.54, 1.807) is 6.07 Å². The van der Waals surface area contributed by atoms with Crippen molar-refractivity contribution in [3.63, 3.8) is 0 Å². The van der Waals surface area contributed by atoms with Crippen LogP contribution < -0.4 is 10.6 Å². The van der Waals surface area contributed by atoms with Crippen LogP contribution in [0.5, 0.6) is 0 Å². The maximum atomic E-state index is 13.4. The molecular formula is C16H21FN2O2. The van der Waals surface area contributed by atoms with Gasteiger partial charge in [-0.15, -0.1) is 0 Å². The lowest BCUT2D eigenvalue weighted by Crippen LogP contribution is -2.45. The van der Waals surface area contributed by atoms with Crippen LogP contribution in [0.15, 0.2) is 24.3 Å². The number of carbonyl (C=O) groups excluding carboxylic acids is 2. The van der Waals surface area contributed by atoms with E-state index in [-0.39, 0.29) is 24.1 Å². The summed E-state index contributed by atoms with van der Waals surface area (Å²) in [5.74, 6) is -0.917. The van der Waals surface area contributed by atoms with Gasteiger partial charge in [-0.1, -0.05) is 31.9 Å². The largest absolute Gasteiger partial charge is 0.352 e. The summed E-state index contributed by atoms with van der Waals surface area (Å²) in [5, 5.41) is 5.40. The average molecular weight is 292 g/mol. The van der Waals surface area contributed by atoms with E-state index in [0.717, 1.165) is 19.3 Å². The van der Waals surface area contributed by atoms with Crippen molar-refractivity contribution in [1.82, 2.24) is 10.6 Å². The lowest BCUT2D eigenvalue weighted by atomic mass is 9.86. The Balaban J connectivity index is 1.81. The molecule has 0 saturated heterocycles. The maximum Gasteiger partial charge on any atom is 0.254 e. The Morgan fingerprint density at radius 3 is 2.67 bits per heavy atom. The second kappa shape index (κ2) is 7.20. The molecule has 2 N–H and O–H groups in total. The fourth-order valence-corrected chi connectivity index (χ4v) is 2.69. The van der Waals surface area contributed by atoms with Crippen molar-refractivity contribution in [2.24, 2.45) is 5.92 Å². The Labute approximate surface area is 124 Å². The van der Waals surface area contributed by atoms with Crippen molar-refractivity contribution < 1.29 is 14.0 Å². The molecule has 0 aromatic heterocycles. The highest BCUT2D eigenvalue weighted by atomic mass is 19.1. The number of amides is 2. The summed E-state index contributed by atoms with van der Waals surface area (Å²) < 4.78 is 13.4. The summed E-state index contributed by atoms with van der Waals surface area (Å²) in [7, 11) is 0. The van der Waals surface area contributed by atoms with E-state index in [2.05, 4.69) is 17.6 Å². The monoisotopic (exact) mass is 292 g/mol. The summed E-state index contributed by atoms with van der Waals surface area (Å²) in [6.07, 6.45) is 4.43. The Hall–Kier alpha value is -1.91. The Kier molecular flexibility index (Phi) is 5.31. The number of carbonyl (C=O) groups is 2. The minimum Gasteiger partial charge on any atom is -0.352 e. The predicted octanol–water partition coefficient (Wildman–Crippen LogP) is 2.25. The number of rotatable bonds is 4. The molecule has 21 heavy (non-hydrogen) atoms. The highest BCUT2D eigenvalue weighted by Crippen LogP contribution is 2.23. The highest BCUT2D eigenvalue weighted by Gasteiger charge is 2.22. The quantitative estimate of drug-likeness (QED) is 0.894. The molecule has 2 rings (SSSR count). The van der Waals surface area contributed by atoms with Gasteiger partial charge in [0.05, 0.1) is 12.1 Å². The van der Waals surface area contributed by atoms with Crippen LogP contribution in [0, 0.1) is 11.7 Å². The van der Waals surface area contributed by atoms with Gasteiger partial charge in [0, 0.05) is 6.04 Å². The first-order chi connectivity index (χ1) is 10.1. The van der Waals surface area contributed by atoms with E-state index in [0.29, 0.717) is 5.92 Å². The molecule has 2 amide bonds. The van der Waals surface area contributed by atoms with E-state index >= 15 is 0 Å². The summed E-state index contributed by atoms with van der Waals surface area (Å²) >= 11 is 0. The van der Waals surface area contributed by atoms with Crippen molar-refractivity contribution in [2.75, 3.05) is 6.54 Å². The zero-order valence-electron chi connectivity index (χ0n) is 12.2. The number of halogens is 1. The first kappa shape index (κ1) is 15.5. The topological polar surface area (TPSA) is 58.2 Å². The lowest BCUT2D eigenvalue weighted by molar-refractivity contribution is -0.121. The van der Waals surface area contributed by atoms with Crippen molar-refractivity contribution in [3.8, 4) is 0 Å². The fourth-order valence-electron chi connectivity index (χ4n) is 2.69. The van der Waals surface area contributed by atoms with Crippen LogP contribution in [0.3, 0.4) is 0 Å². The van der Waals surface area contributed by atoms with Crippen LogP contribution in [0.4, 0.5) is 4.39 Å². The van der Waals surface area contributed by atoms with E-state index in [9.17, 15) is 14.0 Å². The molecule has 1 aromatic rings. The Bertz CT molecular complexity index is 519. The molecule has 1 fully saturated rings. The van der Waals surface area contributed by atoms with Gasteiger partial charge in [-0.05, 0) is 30.9 Å². The van der Waals surface area contributed by atoms with Gasteiger partial charge in [0.15, 0.2) is 0 Å². The van der Waals surface area contributed by atoms with Gasteiger partial charge >= 0.3 is 0 Å². The second-order valence-corrected chi connectivity index (χ2v) is 5.60. The third kappa shape index (κ3) is 4.28. The highest BCUT2D eigenvalue weighted by molar-refractivity contribution is 5.96. The smallest absolute Gasteiger partial charge is 0.254 e. The minimum absolute atomic E-state index is 0.0451. The molecular weight excluding hydrogens is 271 g/mol. The van der Waals surface area contributed by atoms with Crippen molar-refractivity contribution in [3.05, 3.63) is 35.6 Å². The van der Waals surface area contributed by atoms with E-state index < -0.39 is 11.7 Å². The van der Waals surface area contributed by atoms with Crippen LogP contribution >= 0.6 is 0 Å². The minimum atomic E-state index is -0.587. The average Bonchev–Trinajstić information content (AvgIpc) is 2.48. The normalized spacial score (nSPS) is 21.6. The van der Waals surface area contributed by atoms with Gasteiger partial charge in [-0.25, -0.2) is 4.39 Å². The van der Waals surface area contributed by atoms with Crippen molar-refractivity contribution in [2.45, 2.75) is 38.6 Å². The summed E-state index contributed by atoms with van der Waals surface area (Å²) in [6, 6.07) is 5.90. The van der Waals surface area contributed by atoms with Crippen LogP contribution in [-0.2, 0) is 4.79 Å². The molecule has 1 aliphatic carbocycles. The van der Waals surface area contributed by atoms with Crippen molar-refractivity contribution in [1.29, 1.82) is 0 Å². The molecule has 0 spiro atoms. The maximum absolute atomic E-state index is 13.4. The van der Waals surface area contributed by atoms with E-state index in [4.69, 9.17) is 0 Å². The molecule has 4 nitrogen and oxygen atoms in total. The van der Waals surface area contributed by atoms with E-state index in [1.807, 2.05) is 0 Å².